The van der Waals surface area contributed by atoms with Crippen LogP contribution in [-0.4, -0.2) is 57.7 Å². The Morgan fingerprint density at radius 3 is 2.23 bits per heavy atom. The zero-order valence-corrected chi connectivity index (χ0v) is 19.7. The fourth-order valence-electron chi connectivity index (χ4n) is 2.76. The molecular weight excluding hydrogens is 437 g/mol. The van der Waals surface area contributed by atoms with Gasteiger partial charge in [-0.05, 0) is 57.1 Å². The van der Waals surface area contributed by atoms with E-state index in [0.29, 0.717) is 6.04 Å². The molecule has 2 N–H and O–H groups in total. The molecule has 6 heteroatoms. The first-order chi connectivity index (χ1) is 12.0. The lowest BCUT2D eigenvalue weighted by Crippen LogP contribution is -2.42. The van der Waals surface area contributed by atoms with E-state index in [2.05, 4.69) is 84.6 Å². The maximum atomic E-state index is 4.34. The second-order valence-electron chi connectivity index (χ2n) is 6.70. The van der Waals surface area contributed by atoms with E-state index in [1.54, 1.807) is 0 Å². The quantitative estimate of drug-likeness (QED) is 0.309. The van der Waals surface area contributed by atoms with Gasteiger partial charge in [-0.2, -0.15) is 0 Å². The second-order valence-corrected chi connectivity index (χ2v) is 6.70. The van der Waals surface area contributed by atoms with Crippen LogP contribution in [-0.2, 0) is 6.54 Å². The number of nitrogens with zero attached hydrogens (tertiary/aromatic N) is 3. The lowest BCUT2D eigenvalue weighted by atomic mass is 10.1. The van der Waals surface area contributed by atoms with E-state index in [1.165, 1.54) is 24.2 Å². The lowest BCUT2D eigenvalue weighted by Gasteiger charge is -2.21. The van der Waals surface area contributed by atoms with Crippen molar-refractivity contribution in [1.82, 2.24) is 15.5 Å². The highest BCUT2D eigenvalue weighted by Crippen LogP contribution is 2.11. The Labute approximate surface area is 177 Å². The molecule has 1 unspecified atom stereocenters. The van der Waals surface area contributed by atoms with Gasteiger partial charge in [0.25, 0.3) is 0 Å². The van der Waals surface area contributed by atoms with Crippen LogP contribution in [0, 0.1) is 0 Å². The summed E-state index contributed by atoms with van der Waals surface area (Å²) in [6, 6.07) is 9.01. The van der Waals surface area contributed by atoms with Gasteiger partial charge in [0.15, 0.2) is 5.96 Å². The molecule has 0 spiro atoms. The van der Waals surface area contributed by atoms with Gasteiger partial charge in [0.1, 0.15) is 0 Å². The molecule has 0 bridgehead atoms. The predicted molar refractivity (Wildman–Crippen MR) is 126 cm³/mol. The van der Waals surface area contributed by atoms with Crippen molar-refractivity contribution in [2.75, 3.05) is 45.7 Å². The first kappa shape index (κ1) is 25.0. The number of guanidine groups is 1. The van der Waals surface area contributed by atoms with Crippen molar-refractivity contribution in [3.8, 4) is 0 Å². The minimum Gasteiger partial charge on any atom is -0.378 e. The van der Waals surface area contributed by atoms with Crippen molar-refractivity contribution < 1.29 is 0 Å². The average molecular weight is 475 g/mol. The smallest absolute Gasteiger partial charge is 0.191 e. The molecule has 1 aromatic rings. The van der Waals surface area contributed by atoms with E-state index >= 15 is 0 Å². The molecule has 0 aliphatic heterocycles. The number of rotatable bonds is 10. The highest BCUT2D eigenvalue weighted by atomic mass is 127. The number of halogens is 1. The maximum absolute atomic E-state index is 4.34. The first-order valence-electron chi connectivity index (χ1n) is 9.45. The topological polar surface area (TPSA) is 42.9 Å². The van der Waals surface area contributed by atoms with Crippen LogP contribution in [0.1, 0.15) is 39.2 Å². The van der Waals surface area contributed by atoms with Gasteiger partial charge >= 0.3 is 0 Å². The zero-order chi connectivity index (χ0) is 18.7. The Kier molecular flexibility index (Phi) is 13.5. The maximum Gasteiger partial charge on any atom is 0.191 e. The summed E-state index contributed by atoms with van der Waals surface area (Å²) in [6.07, 6.45) is 2.35. The summed E-state index contributed by atoms with van der Waals surface area (Å²) in [5.41, 5.74) is 2.47. The van der Waals surface area contributed by atoms with Crippen molar-refractivity contribution in [3.63, 3.8) is 0 Å². The average Bonchev–Trinajstić information content (AvgIpc) is 2.62. The molecule has 0 heterocycles. The molecule has 0 aliphatic carbocycles. The van der Waals surface area contributed by atoms with E-state index in [9.17, 15) is 0 Å². The van der Waals surface area contributed by atoms with E-state index < -0.39 is 0 Å². The summed E-state index contributed by atoms with van der Waals surface area (Å²) >= 11 is 0. The van der Waals surface area contributed by atoms with Crippen LogP contribution in [0.2, 0.25) is 0 Å². The van der Waals surface area contributed by atoms with Gasteiger partial charge in [-0.15, -0.1) is 24.0 Å². The van der Waals surface area contributed by atoms with Crippen LogP contribution in [0.5, 0.6) is 0 Å². The van der Waals surface area contributed by atoms with Gasteiger partial charge in [0, 0.05) is 39.4 Å². The van der Waals surface area contributed by atoms with Crippen LogP contribution in [0.4, 0.5) is 5.69 Å². The fraction of sp³-hybridized carbons (Fsp3) is 0.650. The Morgan fingerprint density at radius 1 is 1.12 bits per heavy atom. The third kappa shape index (κ3) is 9.62. The molecule has 0 fully saturated rings. The van der Waals surface area contributed by atoms with E-state index in [0.717, 1.165) is 32.0 Å². The Bertz CT molecular complexity index is 497. The molecule has 150 valence electrons. The molecule has 0 aromatic heterocycles. The molecule has 1 rings (SSSR count). The van der Waals surface area contributed by atoms with Gasteiger partial charge in [-0.3, -0.25) is 4.99 Å². The number of benzene rings is 1. The normalized spacial score (nSPS) is 12.5. The summed E-state index contributed by atoms with van der Waals surface area (Å²) in [5.74, 6) is 0.868. The molecule has 1 aromatic carbocycles. The van der Waals surface area contributed by atoms with Crippen LogP contribution in [0.25, 0.3) is 0 Å². The molecule has 0 amide bonds. The van der Waals surface area contributed by atoms with Gasteiger partial charge in [0.05, 0.1) is 0 Å². The third-order valence-electron chi connectivity index (χ3n) is 4.53. The molecule has 0 saturated heterocycles. The number of anilines is 1. The van der Waals surface area contributed by atoms with Gasteiger partial charge in [0.2, 0.25) is 0 Å². The summed E-state index contributed by atoms with van der Waals surface area (Å²) in [5, 5.41) is 6.89. The van der Waals surface area contributed by atoms with Crippen molar-refractivity contribution >= 4 is 35.6 Å². The van der Waals surface area contributed by atoms with Crippen LogP contribution in [0.15, 0.2) is 29.3 Å². The molecule has 5 nitrogen and oxygen atoms in total. The monoisotopic (exact) mass is 475 g/mol. The van der Waals surface area contributed by atoms with Crippen LogP contribution < -0.4 is 15.5 Å². The molecule has 0 radical (unpaired) electrons. The fourth-order valence-corrected chi connectivity index (χ4v) is 2.76. The molecule has 0 aliphatic rings. The van der Waals surface area contributed by atoms with E-state index in [1.807, 2.05) is 7.05 Å². The van der Waals surface area contributed by atoms with Crippen LogP contribution >= 0.6 is 24.0 Å². The van der Waals surface area contributed by atoms with Gasteiger partial charge in [-0.25, -0.2) is 0 Å². The molecule has 0 saturated carbocycles. The van der Waals surface area contributed by atoms with E-state index in [-0.39, 0.29) is 24.0 Å². The SMILES string of the molecule is CCN(CC)CCCC(C)NC(=NC)NCc1ccc(N(C)C)cc1.I. The number of hydrogen-bond donors (Lipinski definition) is 2. The highest BCUT2D eigenvalue weighted by Gasteiger charge is 2.07. The van der Waals surface area contributed by atoms with Gasteiger partial charge in [-0.1, -0.05) is 26.0 Å². The summed E-state index contributed by atoms with van der Waals surface area (Å²) < 4.78 is 0. The van der Waals surface area contributed by atoms with Crippen molar-refractivity contribution in [2.45, 2.75) is 46.2 Å². The summed E-state index contributed by atoms with van der Waals surface area (Å²) in [6.45, 7) is 10.9. The Morgan fingerprint density at radius 2 is 1.73 bits per heavy atom. The van der Waals surface area contributed by atoms with Gasteiger partial charge < -0.3 is 20.4 Å². The van der Waals surface area contributed by atoms with Crippen molar-refractivity contribution in [3.05, 3.63) is 29.8 Å². The second kappa shape index (κ2) is 14.1. The standard InChI is InChI=1S/C20H37N5.HI/c1-7-25(8-2)15-9-10-17(3)23-20(21-4)22-16-18-11-13-19(14-12-18)24(5)6;/h11-14,17H,7-10,15-16H2,1-6H3,(H2,21,22,23);1H. The number of nitrogens with one attached hydrogen (secondary N) is 2. The van der Waals surface area contributed by atoms with Crippen molar-refractivity contribution in [1.29, 1.82) is 0 Å². The molecular formula is C20H38IN5. The summed E-state index contributed by atoms with van der Waals surface area (Å²) in [7, 11) is 5.94. The third-order valence-corrected chi connectivity index (χ3v) is 4.53. The summed E-state index contributed by atoms with van der Waals surface area (Å²) in [4.78, 5) is 8.92. The largest absolute Gasteiger partial charge is 0.378 e. The minimum atomic E-state index is 0. The number of aliphatic imine (C=N–C) groups is 1. The zero-order valence-electron chi connectivity index (χ0n) is 17.4. The Balaban J connectivity index is 0.00000625. The number of hydrogen-bond acceptors (Lipinski definition) is 3. The van der Waals surface area contributed by atoms with E-state index in [4.69, 9.17) is 0 Å². The predicted octanol–water partition coefficient (Wildman–Crippen LogP) is 3.55. The minimum absolute atomic E-state index is 0. The Hall–Kier alpha value is -1.02. The first-order valence-corrected chi connectivity index (χ1v) is 9.45. The highest BCUT2D eigenvalue weighted by molar-refractivity contribution is 14.0. The van der Waals surface area contributed by atoms with Crippen molar-refractivity contribution in [2.24, 2.45) is 4.99 Å². The molecule has 26 heavy (non-hydrogen) atoms. The molecule has 1 atom stereocenters. The lowest BCUT2D eigenvalue weighted by molar-refractivity contribution is 0.292. The van der Waals surface area contributed by atoms with Crippen LogP contribution in [0.3, 0.4) is 0 Å².